The van der Waals surface area contributed by atoms with E-state index in [4.69, 9.17) is 0 Å². The van der Waals surface area contributed by atoms with Crippen LogP contribution in [0, 0.1) is 5.92 Å². The summed E-state index contributed by atoms with van der Waals surface area (Å²) in [6, 6.07) is 0. The Morgan fingerprint density at radius 3 is 2.17 bits per heavy atom. The number of nitrogens with zero attached hydrogens (tertiary/aromatic N) is 2. The fourth-order valence-electron chi connectivity index (χ4n) is 2.82. The fraction of sp³-hybridized carbons (Fsp3) is 0.846. The topological polar surface area (TPSA) is 40.6 Å². The second-order valence-electron chi connectivity index (χ2n) is 5.12. The van der Waals surface area contributed by atoms with Gasteiger partial charge in [0, 0.05) is 32.1 Å². The highest BCUT2D eigenvalue weighted by molar-refractivity contribution is 7.99. The Kier molecular flexibility index (Phi) is 4.92. The highest BCUT2D eigenvalue weighted by Gasteiger charge is 2.30. The van der Waals surface area contributed by atoms with Crippen LogP contribution in [0.2, 0.25) is 0 Å². The molecule has 102 valence electrons. The van der Waals surface area contributed by atoms with Gasteiger partial charge in [-0.2, -0.15) is 11.8 Å². The number of hydrogen-bond acceptors (Lipinski definition) is 3. The van der Waals surface area contributed by atoms with E-state index < -0.39 is 0 Å². The van der Waals surface area contributed by atoms with Crippen LogP contribution in [0.3, 0.4) is 0 Å². The summed E-state index contributed by atoms with van der Waals surface area (Å²) in [5.74, 6) is 1.34. The second kappa shape index (κ2) is 6.45. The van der Waals surface area contributed by atoms with E-state index in [1.807, 2.05) is 16.1 Å². The molecule has 0 unspecified atom stereocenters. The summed E-state index contributed by atoms with van der Waals surface area (Å²) in [5.41, 5.74) is 0. The molecule has 0 aromatic carbocycles. The Bertz CT molecular complexity index is 308. The molecule has 2 rings (SSSR count). The maximum absolute atomic E-state index is 12.2. The zero-order chi connectivity index (χ0) is 13.0. The number of rotatable bonds is 3. The molecule has 4 nitrogen and oxygen atoms in total. The van der Waals surface area contributed by atoms with Crippen molar-refractivity contribution in [1.82, 2.24) is 9.80 Å². The Hall–Kier alpha value is -0.710. The van der Waals surface area contributed by atoms with Gasteiger partial charge < -0.3 is 9.80 Å². The van der Waals surface area contributed by atoms with Crippen LogP contribution in [0.5, 0.6) is 0 Å². The van der Waals surface area contributed by atoms with E-state index in [1.54, 1.807) is 11.8 Å². The van der Waals surface area contributed by atoms with Crippen LogP contribution in [0.25, 0.3) is 0 Å². The molecule has 2 aliphatic rings. The van der Waals surface area contributed by atoms with Crippen molar-refractivity contribution < 1.29 is 9.59 Å². The number of carbonyl (C=O) groups is 2. The van der Waals surface area contributed by atoms with Gasteiger partial charge in [0.2, 0.25) is 11.8 Å². The Morgan fingerprint density at radius 1 is 1.06 bits per heavy atom. The number of thioether (sulfide) groups is 1. The maximum Gasteiger partial charge on any atom is 0.232 e. The number of hydrogen-bond donors (Lipinski definition) is 0. The molecule has 18 heavy (non-hydrogen) atoms. The molecule has 1 saturated heterocycles. The van der Waals surface area contributed by atoms with Crippen molar-refractivity contribution >= 4 is 23.6 Å². The van der Waals surface area contributed by atoms with Gasteiger partial charge in [-0.3, -0.25) is 9.59 Å². The predicted octanol–water partition coefficient (Wildman–Crippen LogP) is 1.21. The van der Waals surface area contributed by atoms with Crippen LogP contribution < -0.4 is 0 Å². The first-order valence-electron chi connectivity index (χ1n) is 6.78. The van der Waals surface area contributed by atoms with Crippen LogP contribution in [-0.4, -0.2) is 59.8 Å². The first-order chi connectivity index (χ1) is 8.72. The molecule has 0 atom stereocenters. The molecule has 5 heteroatoms. The van der Waals surface area contributed by atoms with Crippen LogP contribution in [0.4, 0.5) is 0 Å². The van der Waals surface area contributed by atoms with Crippen LogP contribution in [0.15, 0.2) is 0 Å². The Balaban J connectivity index is 1.79. The van der Waals surface area contributed by atoms with Crippen molar-refractivity contribution in [2.24, 2.45) is 5.92 Å². The van der Waals surface area contributed by atoms with Gasteiger partial charge in [-0.1, -0.05) is 12.8 Å². The van der Waals surface area contributed by atoms with Crippen LogP contribution >= 0.6 is 11.8 Å². The van der Waals surface area contributed by atoms with Crippen molar-refractivity contribution in [3.8, 4) is 0 Å². The fourth-order valence-corrected chi connectivity index (χ4v) is 3.25. The monoisotopic (exact) mass is 270 g/mol. The lowest BCUT2D eigenvalue weighted by atomic mass is 10.1. The van der Waals surface area contributed by atoms with Gasteiger partial charge in [-0.05, 0) is 19.1 Å². The minimum atomic E-state index is 0.204. The highest BCUT2D eigenvalue weighted by atomic mass is 32.2. The van der Waals surface area contributed by atoms with Gasteiger partial charge in [0.15, 0.2) is 0 Å². The van der Waals surface area contributed by atoms with Crippen molar-refractivity contribution in [1.29, 1.82) is 0 Å². The van der Waals surface area contributed by atoms with E-state index in [2.05, 4.69) is 0 Å². The lowest BCUT2D eigenvalue weighted by Crippen LogP contribution is -2.52. The van der Waals surface area contributed by atoms with Gasteiger partial charge in [0.25, 0.3) is 0 Å². The third-order valence-corrected chi connectivity index (χ3v) is 4.45. The molecular formula is C13H22N2O2S. The van der Waals surface area contributed by atoms with Gasteiger partial charge >= 0.3 is 0 Å². The van der Waals surface area contributed by atoms with Gasteiger partial charge in [-0.15, -0.1) is 0 Å². The van der Waals surface area contributed by atoms with Crippen molar-refractivity contribution in [2.75, 3.05) is 38.2 Å². The molecule has 1 heterocycles. The molecule has 1 aliphatic heterocycles. The predicted molar refractivity (Wildman–Crippen MR) is 73.5 cm³/mol. The first-order valence-corrected chi connectivity index (χ1v) is 8.17. The highest BCUT2D eigenvalue weighted by Crippen LogP contribution is 2.26. The minimum absolute atomic E-state index is 0.204. The summed E-state index contributed by atoms with van der Waals surface area (Å²) in [4.78, 5) is 27.8. The van der Waals surface area contributed by atoms with E-state index in [0.717, 1.165) is 25.9 Å². The summed E-state index contributed by atoms with van der Waals surface area (Å²) >= 11 is 1.56. The number of piperazine rings is 1. The van der Waals surface area contributed by atoms with Gasteiger partial charge in [0.1, 0.15) is 0 Å². The van der Waals surface area contributed by atoms with Gasteiger partial charge in [-0.25, -0.2) is 0 Å². The van der Waals surface area contributed by atoms with E-state index >= 15 is 0 Å². The summed E-state index contributed by atoms with van der Waals surface area (Å²) in [7, 11) is 0. The lowest BCUT2D eigenvalue weighted by Gasteiger charge is -2.36. The smallest absolute Gasteiger partial charge is 0.232 e. The third kappa shape index (κ3) is 3.19. The zero-order valence-electron chi connectivity index (χ0n) is 11.1. The Labute approximate surface area is 113 Å². The van der Waals surface area contributed by atoms with Crippen molar-refractivity contribution in [2.45, 2.75) is 25.7 Å². The molecule has 1 saturated carbocycles. The molecule has 0 bridgehead atoms. The SMILES string of the molecule is CSCC(=O)N1CCN(C(=O)C2CCCC2)CC1. The molecule has 0 aromatic rings. The van der Waals surface area contributed by atoms with Crippen molar-refractivity contribution in [3.05, 3.63) is 0 Å². The quantitative estimate of drug-likeness (QED) is 0.774. The summed E-state index contributed by atoms with van der Waals surface area (Å²) < 4.78 is 0. The molecule has 0 N–H and O–H groups in total. The largest absolute Gasteiger partial charge is 0.339 e. The minimum Gasteiger partial charge on any atom is -0.339 e. The summed E-state index contributed by atoms with van der Waals surface area (Å²) in [6.07, 6.45) is 6.46. The second-order valence-corrected chi connectivity index (χ2v) is 5.99. The molecule has 2 amide bonds. The normalized spacial score (nSPS) is 21.4. The average molecular weight is 270 g/mol. The standard InChI is InChI=1S/C13H22N2O2S/c1-18-10-12(16)14-6-8-15(9-7-14)13(17)11-4-2-3-5-11/h11H,2-10H2,1H3. The molecule has 2 fully saturated rings. The molecule has 1 aliphatic carbocycles. The van der Waals surface area contributed by atoms with Crippen LogP contribution in [-0.2, 0) is 9.59 Å². The van der Waals surface area contributed by atoms with Crippen LogP contribution in [0.1, 0.15) is 25.7 Å². The summed E-state index contributed by atoms with van der Waals surface area (Å²) in [6.45, 7) is 2.85. The molecular weight excluding hydrogens is 248 g/mol. The Morgan fingerprint density at radius 2 is 1.61 bits per heavy atom. The third-order valence-electron chi connectivity index (χ3n) is 3.92. The van der Waals surface area contributed by atoms with E-state index in [-0.39, 0.29) is 11.8 Å². The van der Waals surface area contributed by atoms with E-state index in [1.165, 1.54) is 12.8 Å². The molecule has 0 aromatic heterocycles. The number of amides is 2. The number of carbonyl (C=O) groups excluding carboxylic acids is 2. The van der Waals surface area contributed by atoms with E-state index in [9.17, 15) is 9.59 Å². The first kappa shape index (κ1) is 13.7. The molecule has 0 spiro atoms. The maximum atomic E-state index is 12.2. The summed E-state index contributed by atoms with van der Waals surface area (Å²) in [5, 5.41) is 0. The van der Waals surface area contributed by atoms with E-state index in [0.29, 0.717) is 24.7 Å². The average Bonchev–Trinajstić information content (AvgIpc) is 2.92. The van der Waals surface area contributed by atoms with Crippen molar-refractivity contribution in [3.63, 3.8) is 0 Å². The van der Waals surface area contributed by atoms with Gasteiger partial charge in [0.05, 0.1) is 5.75 Å². The lowest BCUT2D eigenvalue weighted by molar-refractivity contribution is -0.141. The zero-order valence-corrected chi connectivity index (χ0v) is 11.9. The molecule has 0 radical (unpaired) electrons.